The zero-order chi connectivity index (χ0) is 28.7. The summed E-state index contributed by atoms with van der Waals surface area (Å²) in [6.07, 6.45) is -14.0. The Morgan fingerprint density at radius 3 is 1.79 bits per heavy atom. The number of esters is 4. The standard InChI is InChI=1S/C22H33NO15/c1-8(25)23-15-18(16(30)13(6-24)36-21(15)31)38-22-20(35-12(5)29)19(34-11(4)28)17(33-10(3)27)14(37-22)7-32-9(2)26/h13-22,24,30-31H,6-7H2,1-5H3,(H,23,25)/t13-,14-,15+,16-,17+,18+,19+,20+,21-,22+/m1/s1. The zero-order valence-electron chi connectivity index (χ0n) is 21.4. The van der Waals surface area contributed by atoms with Crippen LogP contribution in [-0.4, -0.2) is 120 Å². The molecule has 2 rings (SSSR count). The molecule has 4 N–H and O–H groups in total. The highest BCUT2D eigenvalue weighted by Gasteiger charge is 2.55. The monoisotopic (exact) mass is 551 g/mol. The number of nitrogens with one attached hydrogen (secondary N) is 1. The van der Waals surface area contributed by atoms with Gasteiger partial charge >= 0.3 is 23.9 Å². The fraction of sp³-hybridized carbons (Fsp3) is 0.773. The Kier molecular flexibility index (Phi) is 11.4. The Morgan fingerprint density at radius 2 is 1.29 bits per heavy atom. The lowest BCUT2D eigenvalue weighted by atomic mass is 9.95. The van der Waals surface area contributed by atoms with E-state index in [2.05, 4.69) is 5.32 Å². The minimum absolute atomic E-state index is 0.523. The van der Waals surface area contributed by atoms with Gasteiger partial charge in [-0.25, -0.2) is 0 Å². The van der Waals surface area contributed by atoms with Crippen LogP contribution in [0, 0.1) is 0 Å². The molecular formula is C22H33NO15. The molecule has 0 unspecified atom stereocenters. The van der Waals surface area contributed by atoms with Gasteiger partial charge in [0.05, 0.1) is 6.61 Å². The van der Waals surface area contributed by atoms with Crippen LogP contribution < -0.4 is 5.32 Å². The van der Waals surface area contributed by atoms with E-state index < -0.39 is 104 Å². The normalized spacial score (nSPS) is 34.9. The van der Waals surface area contributed by atoms with Gasteiger partial charge in [0, 0.05) is 34.6 Å². The molecule has 0 aromatic carbocycles. The lowest BCUT2D eigenvalue weighted by Gasteiger charge is -2.48. The summed E-state index contributed by atoms with van der Waals surface area (Å²) in [5.41, 5.74) is 0. The smallest absolute Gasteiger partial charge is 0.303 e. The molecule has 0 saturated carbocycles. The van der Waals surface area contributed by atoms with E-state index >= 15 is 0 Å². The molecule has 2 saturated heterocycles. The van der Waals surface area contributed by atoms with Gasteiger partial charge in [0.25, 0.3) is 0 Å². The van der Waals surface area contributed by atoms with Crippen molar-refractivity contribution >= 4 is 29.8 Å². The van der Waals surface area contributed by atoms with Gasteiger partial charge in [0.15, 0.2) is 30.9 Å². The molecular weight excluding hydrogens is 518 g/mol. The highest BCUT2D eigenvalue weighted by atomic mass is 16.7. The molecule has 2 heterocycles. The van der Waals surface area contributed by atoms with Crippen molar-refractivity contribution < 1.29 is 72.5 Å². The minimum atomic E-state index is -1.75. The van der Waals surface area contributed by atoms with Crippen LogP contribution in [-0.2, 0) is 57.1 Å². The number of carbonyl (C=O) groups excluding carboxylic acids is 5. The van der Waals surface area contributed by atoms with E-state index in [0.717, 1.165) is 34.6 Å². The van der Waals surface area contributed by atoms with E-state index in [1.54, 1.807) is 0 Å². The number of ether oxygens (including phenoxy) is 7. The fourth-order valence-corrected chi connectivity index (χ4v) is 4.09. The Bertz CT molecular complexity index is 881. The number of hydrogen-bond donors (Lipinski definition) is 4. The van der Waals surface area contributed by atoms with Crippen LogP contribution in [0.4, 0.5) is 0 Å². The second-order valence-electron chi connectivity index (χ2n) is 8.63. The second kappa shape index (κ2) is 13.8. The van der Waals surface area contributed by atoms with Crippen molar-refractivity contribution in [3.05, 3.63) is 0 Å². The third-order valence-electron chi connectivity index (χ3n) is 5.48. The lowest BCUT2D eigenvalue weighted by molar-refractivity contribution is -0.343. The highest BCUT2D eigenvalue weighted by Crippen LogP contribution is 2.33. The molecule has 10 atom stereocenters. The van der Waals surface area contributed by atoms with Crippen LogP contribution in [0.15, 0.2) is 0 Å². The quantitative estimate of drug-likeness (QED) is 0.166. The largest absolute Gasteiger partial charge is 0.463 e. The third kappa shape index (κ3) is 8.31. The van der Waals surface area contributed by atoms with E-state index in [1.165, 1.54) is 0 Å². The molecule has 0 aromatic heterocycles. The molecule has 0 bridgehead atoms. The van der Waals surface area contributed by atoms with Crippen molar-refractivity contribution in [1.82, 2.24) is 5.32 Å². The van der Waals surface area contributed by atoms with Gasteiger partial charge in [0.2, 0.25) is 5.91 Å². The first-order chi connectivity index (χ1) is 17.7. The van der Waals surface area contributed by atoms with Gasteiger partial charge in [-0.1, -0.05) is 0 Å². The molecule has 216 valence electrons. The summed E-state index contributed by atoms with van der Waals surface area (Å²) < 4.78 is 37.7. The molecule has 0 radical (unpaired) electrons. The van der Waals surface area contributed by atoms with Crippen LogP contribution in [0.2, 0.25) is 0 Å². The number of carbonyl (C=O) groups is 5. The molecule has 38 heavy (non-hydrogen) atoms. The first kappa shape index (κ1) is 31.3. The van der Waals surface area contributed by atoms with Crippen LogP contribution in [0.25, 0.3) is 0 Å². The van der Waals surface area contributed by atoms with Crippen LogP contribution in [0.1, 0.15) is 34.6 Å². The average Bonchev–Trinajstić information content (AvgIpc) is 2.79. The number of rotatable bonds is 9. The van der Waals surface area contributed by atoms with Gasteiger partial charge in [-0.3, -0.25) is 24.0 Å². The maximum absolute atomic E-state index is 12.0. The zero-order valence-corrected chi connectivity index (χ0v) is 21.4. The number of amides is 1. The van der Waals surface area contributed by atoms with Gasteiger partial charge in [0.1, 0.15) is 37.1 Å². The molecule has 2 aliphatic heterocycles. The number of aliphatic hydroxyl groups is 3. The topological polar surface area (TPSA) is 223 Å². The summed E-state index contributed by atoms with van der Waals surface area (Å²) in [6.45, 7) is 4.10. The van der Waals surface area contributed by atoms with Crippen molar-refractivity contribution in [3.8, 4) is 0 Å². The molecule has 16 heteroatoms. The Labute approximate surface area is 217 Å². The fourth-order valence-electron chi connectivity index (χ4n) is 4.09. The highest BCUT2D eigenvalue weighted by molar-refractivity contribution is 5.73. The summed E-state index contributed by atoms with van der Waals surface area (Å²) >= 11 is 0. The van der Waals surface area contributed by atoms with Crippen molar-refractivity contribution in [2.45, 2.75) is 96.0 Å². The first-order valence-electron chi connectivity index (χ1n) is 11.6. The van der Waals surface area contributed by atoms with Crippen molar-refractivity contribution in [1.29, 1.82) is 0 Å². The number of hydrogen-bond acceptors (Lipinski definition) is 15. The second-order valence-corrected chi connectivity index (χ2v) is 8.63. The van der Waals surface area contributed by atoms with Gasteiger partial charge in [-0.2, -0.15) is 0 Å². The molecule has 16 nitrogen and oxygen atoms in total. The van der Waals surface area contributed by atoms with Crippen LogP contribution in [0.3, 0.4) is 0 Å². The molecule has 1 amide bonds. The third-order valence-corrected chi connectivity index (χ3v) is 5.48. The van der Waals surface area contributed by atoms with Gasteiger partial charge in [-0.05, 0) is 0 Å². The lowest BCUT2D eigenvalue weighted by Crippen LogP contribution is -2.68. The van der Waals surface area contributed by atoms with Gasteiger partial charge < -0.3 is 53.8 Å². The first-order valence-corrected chi connectivity index (χ1v) is 11.6. The van der Waals surface area contributed by atoms with Gasteiger partial charge in [-0.15, -0.1) is 0 Å². The predicted molar refractivity (Wildman–Crippen MR) is 118 cm³/mol. The summed E-state index contributed by atoms with van der Waals surface area (Å²) in [7, 11) is 0. The van der Waals surface area contributed by atoms with E-state index in [1.807, 2.05) is 0 Å². The Hall–Kier alpha value is -2.89. The predicted octanol–water partition coefficient (Wildman–Crippen LogP) is -2.97. The van der Waals surface area contributed by atoms with E-state index in [9.17, 15) is 39.3 Å². The minimum Gasteiger partial charge on any atom is -0.463 e. The maximum atomic E-state index is 12.0. The van der Waals surface area contributed by atoms with E-state index in [4.69, 9.17) is 33.2 Å². The average molecular weight is 551 g/mol. The Morgan fingerprint density at radius 1 is 0.737 bits per heavy atom. The summed E-state index contributed by atoms with van der Waals surface area (Å²) in [5.74, 6) is -3.94. The van der Waals surface area contributed by atoms with E-state index in [-0.39, 0.29) is 0 Å². The molecule has 2 fully saturated rings. The van der Waals surface area contributed by atoms with Crippen molar-refractivity contribution in [2.24, 2.45) is 0 Å². The summed E-state index contributed by atoms with van der Waals surface area (Å²) in [4.78, 5) is 59.0. The maximum Gasteiger partial charge on any atom is 0.303 e. The Balaban J connectivity index is 2.54. The number of aliphatic hydroxyl groups excluding tert-OH is 3. The molecule has 2 aliphatic rings. The summed E-state index contributed by atoms with van der Waals surface area (Å²) in [5, 5.41) is 33.1. The van der Waals surface area contributed by atoms with Crippen molar-refractivity contribution in [3.63, 3.8) is 0 Å². The molecule has 0 aliphatic carbocycles. The van der Waals surface area contributed by atoms with Crippen LogP contribution in [0.5, 0.6) is 0 Å². The SMILES string of the molecule is CC(=O)N[C@H]1[C@H](O[C@@H]2O[C@H](COC(C)=O)[C@H](OC(C)=O)[C@H](OC(C)=O)[C@@H]2OC(C)=O)[C@H](O)[C@@H](CO)O[C@H]1O. The van der Waals surface area contributed by atoms with Crippen LogP contribution >= 0.6 is 0 Å². The van der Waals surface area contributed by atoms with Crippen molar-refractivity contribution in [2.75, 3.05) is 13.2 Å². The van der Waals surface area contributed by atoms with E-state index in [0.29, 0.717) is 0 Å². The molecule has 0 spiro atoms. The summed E-state index contributed by atoms with van der Waals surface area (Å²) in [6, 6.07) is -1.41. The molecule has 0 aromatic rings.